The highest BCUT2D eigenvalue weighted by atomic mass is 35.5. The molecule has 0 saturated carbocycles. The van der Waals surface area contributed by atoms with Crippen LogP contribution in [0.1, 0.15) is 21.7 Å². The highest BCUT2D eigenvalue weighted by Crippen LogP contribution is 2.20. The first-order chi connectivity index (χ1) is 11.2. The van der Waals surface area contributed by atoms with Crippen molar-refractivity contribution < 1.29 is 4.79 Å². The molecule has 2 heterocycles. The summed E-state index contributed by atoms with van der Waals surface area (Å²) in [5, 5.41) is 3.30. The third-order valence-corrected chi connectivity index (χ3v) is 5.36. The monoisotopic (exact) mass is 364 g/mol. The van der Waals surface area contributed by atoms with Gasteiger partial charge in [0.05, 0.1) is 12.5 Å². The summed E-state index contributed by atoms with van der Waals surface area (Å²) in [4.78, 5) is 17.5. The van der Waals surface area contributed by atoms with Crippen LogP contribution in [0.4, 0.5) is 0 Å². The van der Waals surface area contributed by atoms with Crippen molar-refractivity contribution >= 4 is 29.7 Å². The SMILES string of the molecule is Cc1ccc(CN(CCc2ccccc2)C(=O)C2CCNC2)s1.Cl. The van der Waals surface area contributed by atoms with Crippen molar-refractivity contribution in [1.29, 1.82) is 0 Å². The van der Waals surface area contributed by atoms with Crippen LogP contribution >= 0.6 is 23.7 Å². The lowest BCUT2D eigenvalue weighted by Crippen LogP contribution is -2.37. The fourth-order valence-electron chi connectivity index (χ4n) is 3.06. The van der Waals surface area contributed by atoms with Crippen molar-refractivity contribution in [1.82, 2.24) is 10.2 Å². The van der Waals surface area contributed by atoms with E-state index >= 15 is 0 Å². The molecule has 1 amide bonds. The Morgan fingerprint density at radius 2 is 2.04 bits per heavy atom. The van der Waals surface area contributed by atoms with Gasteiger partial charge in [-0.25, -0.2) is 0 Å². The molecule has 0 bridgehead atoms. The normalized spacial score (nSPS) is 16.6. The Kier molecular flexibility index (Phi) is 7.28. The maximum Gasteiger partial charge on any atom is 0.227 e. The zero-order valence-corrected chi connectivity index (χ0v) is 15.7. The van der Waals surface area contributed by atoms with E-state index in [-0.39, 0.29) is 18.3 Å². The summed E-state index contributed by atoms with van der Waals surface area (Å²) in [6, 6.07) is 14.7. The number of benzene rings is 1. The summed E-state index contributed by atoms with van der Waals surface area (Å²) >= 11 is 1.79. The predicted octanol–water partition coefficient (Wildman–Crippen LogP) is 3.66. The van der Waals surface area contributed by atoms with Crippen LogP contribution in [0.3, 0.4) is 0 Å². The van der Waals surface area contributed by atoms with Crippen molar-refractivity contribution in [2.45, 2.75) is 26.3 Å². The molecule has 1 aromatic heterocycles. The van der Waals surface area contributed by atoms with Gasteiger partial charge in [-0.05, 0) is 44.0 Å². The molecule has 1 saturated heterocycles. The molecule has 5 heteroatoms. The zero-order chi connectivity index (χ0) is 16.1. The van der Waals surface area contributed by atoms with Crippen LogP contribution < -0.4 is 5.32 Å². The van der Waals surface area contributed by atoms with Gasteiger partial charge in [-0.15, -0.1) is 23.7 Å². The number of nitrogens with one attached hydrogen (secondary N) is 1. The number of thiophene rings is 1. The molecule has 1 N–H and O–H groups in total. The first-order valence-corrected chi connectivity index (χ1v) is 9.13. The van der Waals surface area contributed by atoms with Gasteiger partial charge in [0.15, 0.2) is 0 Å². The number of hydrogen-bond acceptors (Lipinski definition) is 3. The summed E-state index contributed by atoms with van der Waals surface area (Å²) in [6.45, 7) is 5.42. The largest absolute Gasteiger partial charge is 0.337 e. The van der Waals surface area contributed by atoms with Crippen LogP contribution in [-0.2, 0) is 17.8 Å². The van der Waals surface area contributed by atoms with E-state index in [0.717, 1.165) is 39.0 Å². The molecule has 24 heavy (non-hydrogen) atoms. The van der Waals surface area contributed by atoms with Crippen LogP contribution in [0.25, 0.3) is 0 Å². The average molecular weight is 365 g/mol. The van der Waals surface area contributed by atoms with Gasteiger partial charge >= 0.3 is 0 Å². The van der Waals surface area contributed by atoms with E-state index in [4.69, 9.17) is 0 Å². The van der Waals surface area contributed by atoms with Crippen LogP contribution in [0.2, 0.25) is 0 Å². The molecule has 1 aliphatic heterocycles. The van der Waals surface area contributed by atoms with Crippen LogP contribution in [0, 0.1) is 12.8 Å². The molecule has 0 radical (unpaired) electrons. The molecular formula is C19H25ClN2OS. The third kappa shape index (κ3) is 5.07. The molecular weight excluding hydrogens is 340 g/mol. The number of rotatable bonds is 6. The quantitative estimate of drug-likeness (QED) is 0.848. The Hall–Kier alpha value is -1.36. The molecule has 1 unspecified atom stereocenters. The van der Waals surface area contributed by atoms with Gasteiger partial charge in [0.2, 0.25) is 5.91 Å². The van der Waals surface area contributed by atoms with Crippen LogP contribution in [0.5, 0.6) is 0 Å². The summed E-state index contributed by atoms with van der Waals surface area (Å²) < 4.78 is 0. The standard InChI is InChI=1S/C19H24N2OS.ClH/c1-15-7-8-18(23-15)14-21(19(22)17-9-11-20-13-17)12-10-16-5-3-2-4-6-16;/h2-8,17,20H,9-14H2,1H3;1H. The molecule has 0 aliphatic carbocycles. The van der Waals surface area contributed by atoms with E-state index in [2.05, 4.69) is 53.5 Å². The number of hydrogen-bond donors (Lipinski definition) is 1. The number of carbonyl (C=O) groups excluding carboxylic acids is 1. The maximum atomic E-state index is 12.9. The highest BCUT2D eigenvalue weighted by molar-refractivity contribution is 7.11. The van der Waals surface area contributed by atoms with Gasteiger partial charge in [0, 0.05) is 22.8 Å². The van der Waals surface area contributed by atoms with Crippen molar-refractivity contribution in [3.63, 3.8) is 0 Å². The number of amides is 1. The van der Waals surface area contributed by atoms with E-state index in [1.807, 2.05) is 6.07 Å². The van der Waals surface area contributed by atoms with Gasteiger partial charge in [-0.1, -0.05) is 30.3 Å². The Morgan fingerprint density at radius 3 is 2.67 bits per heavy atom. The number of aryl methyl sites for hydroxylation is 1. The minimum atomic E-state index is 0. The molecule has 1 aliphatic rings. The lowest BCUT2D eigenvalue weighted by molar-refractivity contribution is -0.135. The second-order valence-electron chi connectivity index (χ2n) is 6.20. The Labute approximate surface area is 154 Å². The minimum Gasteiger partial charge on any atom is -0.337 e. The van der Waals surface area contributed by atoms with Gasteiger partial charge in [0.25, 0.3) is 0 Å². The first-order valence-electron chi connectivity index (χ1n) is 8.31. The lowest BCUT2D eigenvalue weighted by atomic mass is 10.1. The number of halogens is 1. The smallest absolute Gasteiger partial charge is 0.227 e. The van der Waals surface area contributed by atoms with Crippen LogP contribution in [0.15, 0.2) is 42.5 Å². The summed E-state index contributed by atoms with van der Waals surface area (Å²) in [5.74, 6) is 0.448. The molecule has 1 aromatic carbocycles. The van der Waals surface area contributed by atoms with Crippen molar-refractivity contribution in [2.24, 2.45) is 5.92 Å². The molecule has 3 nitrogen and oxygen atoms in total. The van der Waals surface area contributed by atoms with Gasteiger partial charge in [-0.3, -0.25) is 4.79 Å². The van der Waals surface area contributed by atoms with E-state index < -0.39 is 0 Å². The number of nitrogens with zero attached hydrogens (tertiary/aromatic N) is 1. The topological polar surface area (TPSA) is 32.3 Å². The molecule has 3 rings (SSSR count). The zero-order valence-electron chi connectivity index (χ0n) is 14.0. The predicted molar refractivity (Wildman–Crippen MR) is 103 cm³/mol. The molecule has 130 valence electrons. The van der Waals surface area contributed by atoms with Gasteiger partial charge < -0.3 is 10.2 Å². The summed E-state index contributed by atoms with van der Waals surface area (Å²) in [6.07, 6.45) is 1.88. The average Bonchev–Trinajstić information content (AvgIpc) is 3.23. The van der Waals surface area contributed by atoms with Crippen molar-refractivity contribution in [3.05, 3.63) is 57.8 Å². The van der Waals surface area contributed by atoms with Crippen molar-refractivity contribution in [3.8, 4) is 0 Å². The lowest BCUT2D eigenvalue weighted by Gasteiger charge is -2.25. The fourth-order valence-corrected chi connectivity index (χ4v) is 3.96. The summed E-state index contributed by atoms with van der Waals surface area (Å²) in [5.41, 5.74) is 1.29. The minimum absolute atomic E-state index is 0. The Balaban J connectivity index is 0.00000208. The Morgan fingerprint density at radius 1 is 1.25 bits per heavy atom. The van der Waals surface area contributed by atoms with E-state index in [9.17, 15) is 4.79 Å². The van der Waals surface area contributed by atoms with E-state index in [1.165, 1.54) is 15.3 Å². The highest BCUT2D eigenvalue weighted by Gasteiger charge is 2.27. The van der Waals surface area contributed by atoms with Crippen LogP contribution in [-0.4, -0.2) is 30.4 Å². The first kappa shape index (κ1) is 19.0. The third-order valence-electron chi connectivity index (χ3n) is 4.38. The molecule has 1 atom stereocenters. The van der Waals surface area contributed by atoms with Gasteiger partial charge in [0.1, 0.15) is 0 Å². The van der Waals surface area contributed by atoms with E-state index in [1.54, 1.807) is 11.3 Å². The molecule has 0 spiro atoms. The second-order valence-corrected chi connectivity index (χ2v) is 7.57. The fraction of sp³-hybridized carbons (Fsp3) is 0.421. The maximum absolute atomic E-state index is 12.9. The number of carbonyl (C=O) groups is 1. The molecule has 2 aromatic rings. The Bertz CT molecular complexity index is 638. The van der Waals surface area contributed by atoms with E-state index in [0.29, 0.717) is 5.91 Å². The van der Waals surface area contributed by atoms with Gasteiger partial charge in [-0.2, -0.15) is 0 Å². The van der Waals surface area contributed by atoms with Crippen molar-refractivity contribution in [2.75, 3.05) is 19.6 Å². The molecule has 1 fully saturated rings. The summed E-state index contributed by atoms with van der Waals surface area (Å²) in [7, 11) is 0. The second kappa shape index (κ2) is 9.21.